The van der Waals surface area contributed by atoms with Crippen molar-refractivity contribution in [3.8, 4) is 0 Å². The number of carbonyl (C=O) groups is 3. The van der Waals surface area contributed by atoms with Crippen molar-refractivity contribution in [1.82, 2.24) is 0 Å². The molecule has 0 saturated carbocycles. The minimum Gasteiger partial charge on any atom is -0.394 e. The molecule has 92 valence electrons. The third kappa shape index (κ3) is 15.0. The van der Waals surface area contributed by atoms with Crippen molar-refractivity contribution in [2.45, 2.75) is 26.4 Å². The molecule has 6 nitrogen and oxygen atoms in total. The van der Waals surface area contributed by atoms with Crippen molar-refractivity contribution in [3.63, 3.8) is 0 Å². The van der Waals surface area contributed by atoms with Crippen molar-refractivity contribution in [2.24, 2.45) is 0 Å². The van der Waals surface area contributed by atoms with Gasteiger partial charge in [0.1, 0.15) is 12.2 Å². The Morgan fingerprint density at radius 2 is 1.88 bits per heavy atom. The van der Waals surface area contributed by atoms with Crippen LogP contribution in [0.1, 0.15) is 20.3 Å². The van der Waals surface area contributed by atoms with Gasteiger partial charge in [0.15, 0.2) is 0 Å². The molecule has 0 aliphatic carbocycles. The van der Waals surface area contributed by atoms with Gasteiger partial charge >= 0.3 is 11.9 Å². The molecular formula is C10H16O6. The van der Waals surface area contributed by atoms with Gasteiger partial charge in [0, 0.05) is 6.08 Å². The van der Waals surface area contributed by atoms with E-state index in [4.69, 9.17) is 10.2 Å². The van der Waals surface area contributed by atoms with Crippen LogP contribution in [-0.4, -0.2) is 40.6 Å². The Balaban J connectivity index is 0. The molecule has 0 aromatic carbocycles. The number of ketones is 1. The number of hydrogen-bond acceptors (Lipinski definition) is 6. The molecule has 0 aliphatic rings. The predicted octanol–water partition coefficient (Wildman–Crippen LogP) is -0.419. The minimum atomic E-state index is -0.845. The summed E-state index contributed by atoms with van der Waals surface area (Å²) in [5.74, 6) is -2.02. The normalized spacial score (nSPS) is 10.5. The Morgan fingerprint density at radius 1 is 1.44 bits per heavy atom. The fourth-order valence-electron chi connectivity index (χ4n) is 0.393. The van der Waals surface area contributed by atoms with Gasteiger partial charge in [-0.2, -0.15) is 0 Å². The summed E-state index contributed by atoms with van der Waals surface area (Å²) in [5.41, 5.74) is 0. The summed E-state index contributed by atoms with van der Waals surface area (Å²) in [5, 5.41) is 16.0. The number of Topliss-reactive ketones (excluding diaryl/α,β-unsaturated/α-hetero) is 1. The highest BCUT2D eigenvalue weighted by atomic mass is 16.6. The summed E-state index contributed by atoms with van der Waals surface area (Å²) < 4.78 is 4.09. The summed E-state index contributed by atoms with van der Waals surface area (Å²) in [7, 11) is 0. The lowest BCUT2D eigenvalue weighted by Gasteiger charge is -1.95. The summed E-state index contributed by atoms with van der Waals surface area (Å²) in [6, 6.07) is 0. The SMILES string of the molecule is C=CC(=O)OC(=O)CC(C)=O.CC(O)CO. The lowest BCUT2D eigenvalue weighted by molar-refractivity contribution is -0.156. The molecule has 0 amide bonds. The number of aliphatic hydroxyl groups is 2. The van der Waals surface area contributed by atoms with E-state index in [1.165, 1.54) is 13.8 Å². The van der Waals surface area contributed by atoms with E-state index in [2.05, 4.69) is 11.3 Å². The monoisotopic (exact) mass is 232 g/mol. The van der Waals surface area contributed by atoms with Crippen LogP contribution in [0.3, 0.4) is 0 Å². The molecule has 0 aliphatic heterocycles. The fraction of sp³-hybridized carbons (Fsp3) is 0.500. The topological polar surface area (TPSA) is 101 Å². The molecule has 1 atom stereocenters. The fourth-order valence-corrected chi connectivity index (χ4v) is 0.393. The highest BCUT2D eigenvalue weighted by Gasteiger charge is 2.08. The van der Waals surface area contributed by atoms with Gasteiger partial charge in [0.05, 0.1) is 12.7 Å². The Labute approximate surface area is 93.5 Å². The number of hydrogen-bond donors (Lipinski definition) is 2. The standard InChI is InChI=1S/C7H8O4.C3H8O2/c1-3-6(9)11-7(10)4-5(2)8;1-3(5)2-4/h3H,1,4H2,2H3;3-5H,2H2,1H3. The maximum Gasteiger partial charge on any atom is 0.337 e. The molecule has 0 rings (SSSR count). The zero-order valence-corrected chi connectivity index (χ0v) is 9.30. The zero-order valence-electron chi connectivity index (χ0n) is 9.30. The van der Waals surface area contributed by atoms with Crippen LogP contribution in [0.15, 0.2) is 12.7 Å². The lowest BCUT2D eigenvalue weighted by Crippen LogP contribution is -2.12. The molecule has 6 heteroatoms. The van der Waals surface area contributed by atoms with Gasteiger partial charge in [-0.1, -0.05) is 6.58 Å². The predicted molar refractivity (Wildman–Crippen MR) is 55.4 cm³/mol. The molecule has 0 aromatic heterocycles. The summed E-state index contributed by atoms with van der Waals surface area (Å²) >= 11 is 0. The third-order valence-electron chi connectivity index (χ3n) is 1.04. The van der Waals surface area contributed by atoms with E-state index in [0.717, 1.165) is 6.08 Å². The molecule has 2 N–H and O–H groups in total. The number of ether oxygens (including phenoxy) is 1. The van der Waals surface area contributed by atoms with Crippen molar-refractivity contribution in [2.75, 3.05) is 6.61 Å². The van der Waals surface area contributed by atoms with Gasteiger partial charge in [0.25, 0.3) is 0 Å². The second-order valence-corrected chi connectivity index (χ2v) is 2.91. The van der Waals surface area contributed by atoms with Crippen LogP contribution in [0.25, 0.3) is 0 Å². The molecule has 0 heterocycles. The molecule has 0 spiro atoms. The van der Waals surface area contributed by atoms with Crippen LogP contribution in [-0.2, 0) is 19.1 Å². The first-order chi connectivity index (χ1) is 7.33. The molecule has 0 aromatic rings. The Bertz CT molecular complexity index is 256. The number of aliphatic hydroxyl groups excluding tert-OH is 2. The van der Waals surface area contributed by atoms with E-state index in [0.29, 0.717) is 0 Å². The second-order valence-electron chi connectivity index (χ2n) is 2.91. The maximum absolute atomic E-state index is 10.5. The largest absolute Gasteiger partial charge is 0.394 e. The van der Waals surface area contributed by atoms with Crippen LogP contribution in [0.4, 0.5) is 0 Å². The smallest absolute Gasteiger partial charge is 0.337 e. The number of carbonyl (C=O) groups excluding carboxylic acids is 3. The first-order valence-corrected chi connectivity index (χ1v) is 4.48. The van der Waals surface area contributed by atoms with Crippen LogP contribution in [0.2, 0.25) is 0 Å². The average molecular weight is 232 g/mol. The highest BCUT2D eigenvalue weighted by molar-refractivity contribution is 6.00. The Kier molecular flexibility index (Phi) is 10.6. The Hall–Kier alpha value is -1.53. The van der Waals surface area contributed by atoms with Crippen molar-refractivity contribution < 1.29 is 29.3 Å². The molecule has 0 radical (unpaired) electrons. The third-order valence-corrected chi connectivity index (χ3v) is 1.04. The number of rotatable bonds is 4. The van der Waals surface area contributed by atoms with Crippen LogP contribution in [0, 0.1) is 0 Å². The van der Waals surface area contributed by atoms with Gasteiger partial charge < -0.3 is 14.9 Å². The van der Waals surface area contributed by atoms with Gasteiger partial charge in [-0.15, -0.1) is 0 Å². The van der Waals surface area contributed by atoms with Crippen molar-refractivity contribution in [1.29, 1.82) is 0 Å². The molecule has 0 bridgehead atoms. The van der Waals surface area contributed by atoms with Gasteiger partial charge in [-0.05, 0) is 13.8 Å². The van der Waals surface area contributed by atoms with Crippen molar-refractivity contribution >= 4 is 17.7 Å². The summed E-state index contributed by atoms with van der Waals surface area (Å²) in [4.78, 5) is 31.1. The highest BCUT2D eigenvalue weighted by Crippen LogP contribution is 1.88. The summed E-state index contributed by atoms with van der Waals surface area (Å²) in [6.45, 7) is 5.71. The molecule has 0 saturated heterocycles. The zero-order chi connectivity index (χ0) is 13.1. The van der Waals surface area contributed by atoms with E-state index in [9.17, 15) is 14.4 Å². The molecular weight excluding hydrogens is 216 g/mol. The molecule has 16 heavy (non-hydrogen) atoms. The average Bonchev–Trinajstić information content (AvgIpc) is 2.17. The second kappa shape index (κ2) is 10.0. The summed E-state index contributed by atoms with van der Waals surface area (Å²) in [6.07, 6.45) is -0.0764. The van der Waals surface area contributed by atoms with Crippen molar-refractivity contribution in [3.05, 3.63) is 12.7 Å². The van der Waals surface area contributed by atoms with E-state index >= 15 is 0 Å². The Morgan fingerprint density at radius 3 is 2.12 bits per heavy atom. The quantitative estimate of drug-likeness (QED) is 0.388. The van der Waals surface area contributed by atoms with E-state index < -0.39 is 18.0 Å². The van der Waals surface area contributed by atoms with Gasteiger partial charge in [0.2, 0.25) is 0 Å². The van der Waals surface area contributed by atoms with E-state index in [1.54, 1.807) is 0 Å². The van der Waals surface area contributed by atoms with Crippen LogP contribution < -0.4 is 0 Å². The van der Waals surface area contributed by atoms with Crippen LogP contribution >= 0.6 is 0 Å². The number of esters is 2. The van der Waals surface area contributed by atoms with Crippen LogP contribution in [0.5, 0.6) is 0 Å². The van der Waals surface area contributed by atoms with E-state index in [1.807, 2.05) is 0 Å². The molecule has 1 unspecified atom stereocenters. The lowest BCUT2D eigenvalue weighted by atomic mass is 10.3. The van der Waals surface area contributed by atoms with E-state index in [-0.39, 0.29) is 18.8 Å². The first-order valence-electron chi connectivity index (χ1n) is 4.48. The first kappa shape index (κ1) is 16.9. The van der Waals surface area contributed by atoms with Gasteiger partial charge in [-0.25, -0.2) is 4.79 Å². The minimum absolute atomic E-state index is 0.139. The van der Waals surface area contributed by atoms with Gasteiger partial charge in [-0.3, -0.25) is 9.59 Å². The maximum atomic E-state index is 10.5. The molecule has 0 fully saturated rings.